The normalized spacial score (nSPS) is 16.8. The lowest BCUT2D eigenvalue weighted by Gasteiger charge is -2.32. The fourth-order valence-corrected chi connectivity index (χ4v) is 6.11. The number of hydrogen-bond donors (Lipinski definition) is 1. The quantitative estimate of drug-likeness (QED) is 0.535. The second-order valence-electron chi connectivity index (χ2n) is 8.90. The monoisotopic (exact) mass is 478 g/mol. The Balaban J connectivity index is 1.77. The number of imidazole rings is 1. The SMILES string of the molecule is CN(C)CCS(=O)(=O)N1Cc2cc(C#N)ccc2N(Cc2c[nH]cn2)C[C@H]1Cc1ccccc1. The summed E-state index contributed by atoms with van der Waals surface area (Å²) in [6.07, 6.45) is 4.09. The molecule has 1 aliphatic heterocycles. The fraction of sp³-hybridized carbons (Fsp3) is 0.360. The van der Waals surface area contributed by atoms with Gasteiger partial charge in [-0.2, -0.15) is 9.57 Å². The molecule has 1 aliphatic rings. The van der Waals surface area contributed by atoms with E-state index in [1.165, 1.54) is 0 Å². The first-order chi connectivity index (χ1) is 16.4. The molecule has 3 aromatic rings. The molecule has 1 N–H and O–H groups in total. The van der Waals surface area contributed by atoms with Crippen molar-refractivity contribution < 1.29 is 8.42 Å². The first-order valence-corrected chi connectivity index (χ1v) is 12.9. The zero-order valence-corrected chi connectivity index (χ0v) is 20.4. The van der Waals surface area contributed by atoms with Crippen LogP contribution in [0.25, 0.3) is 0 Å². The van der Waals surface area contributed by atoms with Crippen molar-refractivity contribution in [3.8, 4) is 6.07 Å². The Morgan fingerprint density at radius 1 is 1.21 bits per heavy atom. The van der Waals surface area contributed by atoms with Crippen LogP contribution in [0.5, 0.6) is 0 Å². The molecular weight excluding hydrogens is 448 g/mol. The van der Waals surface area contributed by atoms with E-state index >= 15 is 0 Å². The van der Waals surface area contributed by atoms with Crippen LogP contribution in [-0.4, -0.2) is 66.6 Å². The maximum Gasteiger partial charge on any atom is 0.215 e. The second kappa shape index (κ2) is 10.4. The Hall–Kier alpha value is -3.19. The summed E-state index contributed by atoms with van der Waals surface area (Å²) >= 11 is 0. The molecule has 4 rings (SSSR count). The molecule has 34 heavy (non-hydrogen) atoms. The first kappa shape index (κ1) is 24.0. The number of hydrogen-bond acceptors (Lipinski definition) is 6. The second-order valence-corrected chi connectivity index (χ2v) is 10.9. The van der Waals surface area contributed by atoms with Crippen molar-refractivity contribution in [1.82, 2.24) is 19.2 Å². The lowest BCUT2D eigenvalue weighted by atomic mass is 10.1. The van der Waals surface area contributed by atoms with Crippen molar-refractivity contribution in [1.29, 1.82) is 5.26 Å². The van der Waals surface area contributed by atoms with Crippen molar-refractivity contribution >= 4 is 15.7 Å². The Morgan fingerprint density at radius 2 is 2.00 bits per heavy atom. The Labute approximate surface area is 201 Å². The third-order valence-electron chi connectivity index (χ3n) is 6.09. The summed E-state index contributed by atoms with van der Waals surface area (Å²) < 4.78 is 28.9. The molecular formula is C25H30N6O2S. The van der Waals surface area contributed by atoms with Gasteiger partial charge in [0.25, 0.3) is 0 Å². The minimum Gasteiger partial charge on any atom is -0.364 e. The zero-order valence-electron chi connectivity index (χ0n) is 19.6. The standard InChI is InChI=1S/C25H30N6O2S/c1-29(2)10-11-34(32,33)31-16-22-12-21(14-26)8-9-25(22)30(17-23-15-27-19-28-23)18-24(31)13-20-6-4-3-5-7-20/h3-9,12,15,19,24H,10-11,13,16-18H2,1-2H3,(H,27,28)/t24-/m1/s1. The molecule has 178 valence electrons. The minimum absolute atomic E-state index is 0.0396. The molecule has 2 heterocycles. The molecule has 0 amide bonds. The Kier molecular flexibility index (Phi) is 7.32. The van der Waals surface area contributed by atoms with E-state index in [-0.39, 0.29) is 18.3 Å². The molecule has 2 aromatic carbocycles. The Morgan fingerprint density at radius 3 is 2.68 bits per heavy atom. The molecule has 0 unspecified atom stereocenters. The van der Waals surface area contributed by atoms with Gasteiger partial charge in [-0.3, -0.25) is 0 Å². The van der Waals surface area contributed by atoms with Crippen LogP contribution in [0.1, 0.15) is 22.4 Å². The zero-order chi connectivity index (χ0) is 24.1. The van der Waals surface area contributed by atoms with E-state index in [1.54, 1.807) is 16.7 Å². The number of H-pyrrole nitrogens is 1. The average Bonchev–Trinajstić information content (AvgIpc) is 3.28. The number of aromatic amines is 1. The largest absolute Gasteiger partial charge is 0.364 e. The van der Waals surface area contributed by atoms with E-state index in [2.05, 4.69) is 20.9 Å². The van der Waals surface area contributed by atoms with Crippen LogP contribution >= 0.6 is 0 Å². The molecule has 0 fully saturated rings. The molecule has 0 aliphatic carbocycles. The molecule has 9 heteroatoms. The molecule has 0 radical (unpaired) electrons. The smallest absolute Gasteiger partial charge is 0.215 e. The maximum atomic E-state index is 13.6. The van der Waals surface area contributed by atoms with Gasteiger partial charge in [-0.1, -0.05) is 30.3 Å². The highest BCUT2D eigenvalue weighted by molar-refractivity contribution is 7.89. The third kappa shape index (κ3) is 5.65. The summed E-state index contributed by atoms with van der Waals surface area (Å²) in [6.45, 7) is 1.73. The minimum atomic E-state index is -3.56. The molecule has 8 nitrogen and oxygen atoms in total. The Bertz CT molecular complexity index is 1240. The van der Waals surface area contributed by atoms with Gasteiger partial charge in [0.1, 0.15) is 0 Å². The number of rotatable bonds is 8. The number of sulfonamides is 1. The van der Waals surface area contributed by atoms with Crippen LogP contribution in [0, 0.1) is 11.3 Å². The van der Waals surface area contributed by atoms with Crippen molar-refractivity contribution in [3.63, 3.8) is 0 Å². The topological polar surface area (TPSA) is 96.3 Å². The van der Waals surface area contributed by atoms with Gasteiger partial charge in [-0.15, -0.1) is 0 Å². The van der Waals surface area contributed by atoms with Gasteiger partial charge in [0.2, 0.25) is 10.0 Å². The van der Waals surface area contributed by atoms with E-state index in [0.717, 1.165) is 22.5 Å². The van der Waals surface area contributed by atoms with Gasteiger partial charge in [0.05, 0.1) is 36.0 Å². The highest BCUT2D eigenvalue weighted by atomic mass is 32.2. The van der Waals surface area contributed by atoms with Crippen LogP contribution < -0.4 is 4.90 Å². The summed E-state index contributed by atoms with van der Waals surface area (Å²) in [5.74, 6) is 0.0396. The van der Waals surface area contributed by atoms with Crippen molar-refractivity contribution in [2.45, 2.75) is 25.6 Å². The highest BCUT2D eigenvalue weighted by Gasteiger charge is 2.35. The van der Waals surface area contributed by atoms with Gasteiger partial charge in [-0.25, -0.2) is 13.4 Å². The van der Waals surface area contributed by atoms with Gasteiger partial charge < -0.3 is 14.8 Å². The van der Waals surface area contributed by atoms with E-state index in [4.69, 9.17) is 0 Å². The molecule has 1 atom stereocenters. The first-order valence-electron chi connectivity index (χ1n) is 11.3. The molecule has 0 spiro atoms. The van der Waals surface area contributed by atoms with Crippen LogP contribution in [0.2, 0.25) is 0 Å². The fourth-order valence-electron chi connectivity index (χ4n) is 4.35. The van der Waals surface area contributed by atoms with E-state index in [0.29, 0.717) is 31.6 Å². The summed E-state index contributed by atoms with van der Waals surface area (Å²) in [7, 11) is 0.191. The van der Waals surface area contributed by atoms with E-state index < -0.39 is 10.0 Å². The molecule has 0 saturated heterocycles. The summed E-state index contributed by atoms with van der Waals surface area (Å²) in [5, 5.41) is 9.49. The van der Waals surface area contributed by atoms with Crippen LogP contribution in [0.3, 0.4) is 0 Å². The summed E-state index contributed by atoms with van der Waals surface area (Å²) in [5.41, 5.74) is 4.25. The van der Waals surface area contributed by atoms with Gasteiger partial charge >= 0.3 is 0 Å². The number of nitriles is 1. The van der Waals surface area contributed by atoms with Gasteiger partial charge in [-0.05, 0) is 49.8 Å². The van der Waals surface area contributed by atoms with Crippen LogP contribution in [0.15, 0.2) is 61.1 Å². The van der Waals surface area contributed by atoms with E-state index in [1.807, 2.05) is 67.7 Å². The summed E-state index contributed by atoms with van der Waals surface area (Å²) in [4.78, 5) is 11.4. The van der Waals surface area contributed by atoms with Gasteiger partial charge in [0, 0.05) is 37.6 Å². The molecule has 0 bridgehead atoms. The predicted molar refractivity (Wildman–Crippen MR) is 133 cm³/mol. The summed E-state index contributed by atoms with van der Waals surface area (Å²) in [6, 6.07) is 17.4. The number of aromatic nitrogens is 2. The number of fused-ring (bicyclic) bond motifs is 1. The van der Waals surface area contributed by atoms with Crippen LogP contribution in [-0.2, 0) is 29.5 Å². The van der Waals surface area contributed by atoms with Crippen molar-refractivity contribution in [2.24, 2.45) is 0 Å². The van der Waals surface area contributed by atoms with Crippen LogP contribution in [0.4, 0.5) is 5.69 Å². The maximum absolute atomic E-state index is 13.6. The predicted octanol–water partition coefficient (Wildman–Crippen LogP) is 2.61. The average molecular weight is 479 g/mol. The number of anilines is 1. The molecule has 0 saturated carbocycles. The number of nitrogens with zero attached hydrogens (tertiary/aromatic N) is 5. The molecule has 1 aromatic heterocycles. The third-order valence-corrected chi connectivity index (χ3v) is 7.93. The van der Waals surface area contributed by atoms with Gasteiger partial charge in [0.15, 0.2) is 0 Å². The van der Waals surface area contributed by atoms with Crippen molar-refractivity contribution in [2.75, 3.05) is 37.8 Å². The lowest BCUT2D eigenvalue weighted by Crippen LogP contribution is -2.47. The number of nitrogens with one attached hydrogen (secondary N) is 1. The lowest BCUT2D eigenvalue weighted by molar-refractivity contribution is 0.314. The van der Waals surface area contributed by atoms with E-state index in [9.17, 15) is 13.7 Å². The van der Waals surface area contributed by atoms with Crippen molar-refractivity contribution in [3.05, 3.63) is 83.4 Å². The number of benzene rings is 2. The highest BCUT2D eigenvalue weighted by Crippen LogP contribution is 2.32.